The number of ketones is 1. The highest BCUT2D eigenvalue weighted by atomic mass is 16.6. The largest absolute Gasteiger partial charge is 0.458 e. The number of aliphatic hydroxyl groups excluding tert-OH is 1. The van der Waals surface area contributed by atoms with Crippen molar-refractivity contribution in [3.63, 3.8) is 0 Å². The van der Waals surface area contributed by atoms with E-state index < -0.39 is 47.9 Å². The predicted octanol–water partition coefficient (Wildman–Crippen LogP) is 4.56. The fourth-order valence-electron chi connectivity index (χ4n) is 5.13. The van der Waals surface area contributed by atoms with E-state index >= 15 is 0 Å². The highest BCUT2D eigenvalue weighted by Crippen LogP contribution is 2.42. The summed E-state index contributed by atoms with van der Waals surface area (Å²) >= 11 is 0. The maximum absolute atomic E-state index is 13.0. The van der Waals surface area contributed by atoms with Crippen molar-refractivity contribution in [3.05, 3.63) is 108 Å². The van der Waals surface area contributed by atoms with Crippen LogP contribution in [0.3, 0.4) is 0 Å². The second kappa shape index (κ2) is 10.9. The van der Waals surface area contributed by atoms with Crippen molar-refractivity contribution in [2.24, 2.45) is 11.8 Å². The van der Waals surface area contributed by atoms with E-state index in [0.29, 0.717) is 18.4 Å². The molecule has 2 aliphatic rings. The first-order chi connectivity index (χ1) is 18.0. The molecule has 6 nitrogen and oxygen atoms in total. The number of Topliss-reactive ketones (excluding diaryl/α,β-unsaturated/α-hetero) is 1. The molecule has 188 valence electrons. The van der Waals surface area contributed by atoms with E-state index in [9.17, 15) is 19.5 Å². The van der Waals surface area contributed by atoms with E-state index in [1.165, 1.54) is 0 Å². The van der Waals surface area contributed by atoms with Crippen LogP contribution in [0.5, 0.6) is 0 Å². The predicted molar refractivity (Wildman–Crippen MR) is 137 cm³/mol. The topological polar surface area (TPSA) is 89.9 Å². The fourth-order valence-corrected chi connectivity index (χ4v) is 5.13. The Morgan fingerprint density at radius 3 is 2.30 bits per heavy atom. The van der Waals surface area contributed by atoms with E-state index in [1.54, 1.807) is 24.3 Å². The number of benzene rings is 3. The minimum Gasteiger partial charge on any atom is -0.458 e. The molecule has 1 aliphatic heterocycles. The van der Waals surface area contributed by atoms with Crippen molar-refractivity contribution in [3.8, 4) is 11.1 Å². The number of hydrogen-bond donors (Lipinski definition) is 1. The highest BCUT2D eigenvalue weighted by molar-refractivity contribution is 6.36. The summed E-state index contributed by atoms with van der Waals surface area (Å²) in [5.41, 5.74) is 3.54. The van der Waals surface area contributed by atoms with Gasteiger partial charge in [0.2, 0.25) is 5.78 Å². The van der Waals surface area contributed by atoms with Gasteiger partial charge < -0.3 is 14.6 Å². The third-order valence-corrected chi connectivity index (χ3v) is 7.08. The molecule has 1 saturated carbocycles. The molecule has 5 rings (SSSR count). The van der Waals surface area contributed by atoms with Gasteiger partial charge in [-0.3, -0.25) is 4.79 Å². The molecule has 0 aromatic heterocycles. The number of fused-ring (bicyclic) bond motifs is 1. The number of carbonyl (C=O) groups is 3. The molecule has 5 atom stereocenters. The molecule has 0 spiro atoms. The molecule has 1 N–H and O–H groups in total. The molecular weight excluding hydrogens is 468 g/mol. The molecule has 1 heterocycles. The van der Waals surface area contributed by atoms with E-state index in [-0.39, 0.29) is 6.42 Å². The Balaban J connectivity index is 1.27. The van der Waals surface area contributed by atoms with Crippen LogP contribution in [-0.4, -0.2) is 41.1 Å². The third kappa shape index (κ3) is 5.54. The zero-order valence-corrected chi connectivity index (χ0v) is 20.2. The lowest BCUT2D eigenvalue weighted by Gasteiger charge is -2.20. The van der Waals surface area contributed by atoms with Gasteiger partial charge in [0.1, 0.15) is 12.2 Å². The molecule has 6 heteroatoms. The molecule has 37 heavy (non-hydrogen) atoms. The van der Waals surface area contributed by atoms with Crippen LogP contribution in [0.4, 0.5) is 0 Å². The summed E-state index contributed by atoms with van der Waals surface area (Å²) in [6, 6.07) is 26.8. The Morgan fingerprint density at radius 1 is 0.946 bits per heavy atom. The van der Waals surface area contributed by atoms with Gasteiger partial charge in [-0.2, -0.15) is 0 Å². The van der Waals surface area contributed by atoms with Gasteiger partial charge in [-0.15, -0.1) is 0 Å². The molecule has 3 aromatic carbocycles. The summed E-state index contributed by atoms with van der Waals surface area (Å²) in [6.07, 6.45) is 2.75. The second-order valence-corrected chi connectivity index (χ2v) is 9.51. The molecule has 1 aliphatic carbocycles. The third-order valence-electron chi connectivity index (χ3n) is 7.08. The van der Waals surface area contributed by atoms with Gasteiger partial charge >= 0.3 is 11.9 Å². The van der Waals surface area contributed by atoms with Crippen LogP contribution in [0, 0.1) is 11.8 Å². The van der Waals surface area contributed by atoms with Gasteiger partial charge in [0, 0.05) is 12.3 Å². The summed E-state index contributed by atoms with van der Waals surface area (Å²) in [7, 11) is 0. The Bertz CT molecular complexity index is 1280. The molecule has 0 bridgehead atoms. The highest BCUT2D eigenvalue weighted by Gasteiger charge is 2.56. The van der Waals surface area contributed by atoms with Crippen LogP contribution in [0.2, 0.25) is 0 Å². The number of rotatable bonds is 8. The second-order valence-electron chi connectivity index (χ2n) is 9.51. The van der Waals surface area contributed by atoms with Crippen molar-refractivity contribution in [2.45, 2.75) is 37.6 Å². The van der Waals surface area contributed by atoms with Crippen molar-refractivity contribution < 1.29 is 29.0 Å². The SMILES string of the molecule is O=C1OC2CC(OC(=O)c3ccc(-c4ccccc4)cc3)C(C=C[C@H](O)CCc3ccccc3)C2C1=O. The lowest BCUT2D eigenvalue weighted by Crippen LogP contribution is -2.29. The number of hydrogen-bond acceptors (Lipinski definition) is 6. The van der Waals surface area contributed by atoms with Gasteiger partial charge in [-0.1, -0.05) is 84.9 Å². The normalized spacial score (nSPS) is 23.6. The average molecular weight is 497 g/mol. The summed E-state index contributed by atoms with van der Waals surface area (Å²) in [5.74, 6) is -3.24. The number of carbonyl (C=O) groups excluding carboxylic acids is 3. The summed E-state index contributed by atoms with van der Waals surface area (Å²) < 4.78 is 11.1. The molecule has 0 radical (unpaired) electrons. The summed E-state index contributed by atoms with van der Waals surface area (Å²) in [4.78, 5) is 37.4. The summed E-state index contributed by atoms with van der Waals surface area (Å²) in [6.45, 7) is 0. The van der Waals surface area contributed by atoms with Gasteiger partial charge in [0.25, 0.3) is 0 Å². The quantitative estimate of drug-likeness (QED) is 0.279. The standard InChI is InChI=1S/C31H28O6/c32-24(16-11-20-7-3-1-4-8-20)17-18-25-26(19-27-28(25)29(33)31(35)37-27)36-30(34)23-14-12-22(13-15-23)21-9-5-2-6-10-21/h1-10,12-15,17-18,24-28,32H,11,16,19H2/t24-,25?,26?,27?,28?/m1/s1. The van der Waals surface area contributed by atoms with Gasteiger partial charge in [-0.05, 0) is 41.7 Å². The molecule has 4 unspecified atom stereocenters. The van der Waals surface area contributed by atoms with Crippen molar-refractivity contribution in [1.29, 1.82) is 0 Å². The first-order valence-corrected chi connectivity index (χ1v) is 12.5. The van der Waals surface area contributed by atoms with Crippen LogP contribution in [0.15, 0.2) is 97.1 Å². The van der Waals surface area contributed by atoms with Crippen LogP contribution < -0.4 is 0 Å². The maximum atomic E-state index is 13.0. The monoisotopic (exact) mass is 496 g/mol. The Morgan fingerprint density at radius 2 is 1.59 bits per heavy atom. The number of esters is 2. The molecule has 2 fully saturated rings. The van der Waals surface area contributed by atoms with E-state index in [0.717, 1.165) is 16.7 Å². The van der Waals surface area contributed by atoms with Crippen molar-refractivity contribution in [1.82, 2.24) is 0 Å². The lowest BCUT2D eigenvalue weighted by atomic mass is 9.90. The zero-order valence-electron chi connectivity index (χ0n) is 20.2. The minimum atomic E-state index is -0.848. The Labute approximate surface area is 215 Å². The first-order valence-electron chi connectivity index (χ1n) is 12.5. The minimum absolute atomic E-state index is 0.241. The number of ether oxygens (including phenoxy) is 2. The van der Waals surface area contributed by atoms with Crippen LogP contribution in [0.1, 0.15) is 28.8 Å². The molecular formula is C31H28O6. The molecule has 3 aromatic rings. The maximum Gasteiger partial charge on any atom is 0.375 e. The van der Waals surface area contributed by atoms with Crippen LogP contribution in [-0.2, 0) is 25.5 Å². The first kappa shape index (κ1) is 24.7. The number of aliphatic hydroxyl groups is 1. The van der Waals surface area contributed by atoms with E-state index in [4.69, 9.17) is 9.47 Å². The lowest BCUT2D eigenvalue weighted by molar-refractivity contribution is -0.149. The molecule has 1 saturated heterocycles. The van der Waals surface area contributed by atoms with Crippen molar-refractivity contribution in [2.75, 3.05) is 0 Å². The van der Waals surface area contributed by atoms with Crippen LogP contribution >= 0.6 is 0 Å². The summed E-state index contributed by atoms with van der Waals surface area (Å²) in [5, 5.41) is 10.5. The fraction of sp³-hybridized carbons (Fsp3) is 0.258. The Hall–Kier alpha value is -4.03. The zero-order chi connectivity index (χ0) is 25.8. The van der Waals surface area contributed by atoms with Gasteiger partial charge in [-0.25, -0.2) is 9.59 Å². The van der Waals surface area contributed by atoms with Crippen molar-refractivity contribution >= 4 is 17.7 Å². The van der Waals surface area contributed by atoms with E-state index in [1.807, 2.05) is 72.8 Å². The van der Waals surface area contributed by atoms with E-state index in [2.05, 4.69) is 0 Å². The smallest absolute Gasteiger partial charge is 0.375 e. The van der Waals surface area contributed by atoms with Gasteiger partial charge in [0.05, 0.1) is 17.6 Å². The average Bonchev–Trinajstić information content (AvgIpc) is 3.41. The Kier molecular flexibility index (Phi) is 7.28. The van der Waals surface area contributed by atoms with Crippen LogP contribution in [0.25, 0.3) is 11.1 Å². The number of aryl methyl sites for hydroxylation is 1. The van der Waals surface area contributed by atoms with Gasteiger partial charge in [0.15, 0.2) is 0 Å². The molecule has 0 amide bonds.